The van der Waals surface area contributed by atoms with Crippen molar-refractivity contribution in [3.8, 4) is 0 Å². The maximum Gasteiger partial charge on any atom is 0.0587 e. The molecule has 1 rings (SSSR count). The van der Waals surface area contributed by atoms with Gasteiger partial charge in [-0.1, -0.05) is 46.5 Å². The third-order valence-corrected chi connectivity index (χ3v) is 4.77. The topological polar surface area (TPSA) is 21.3 Å². The van der Waals surface area contributed by atoms with Crippen LogP contribution in [-0.4, -0.2) is 26.8 Å². The van der Waals surface area contributed by atoms with Crippen molar-refractivity contribution >= 4 is 0 Å². The van der Waals surface area contributed by atoms with Crippen molar-refractivity contribution in [2.45, 2.75) is 65.7 Å². The van der Waals surface area contributed by atoms with E-state index in [4.69, 9.17) is 4.74 Å². The van der Waals surface area contributed by atoms with E-state index in [1.807, 2.05) is 0 Å². The molecule has 0 spiro atoms. The Kier molecular flexibility index (Phi) is 8.01. The largest absolute Gasteiger partial charge is 0.383 e. The second kappa shape index (κ2) is 8.97. The van der Waals surface area contributed by atoms with Crippen LogP contribution in [0.25, 0.3) is 0 Å². The monoisotopic (exact) mass is 269 g/mol. The van der Waals surface area contributed by atoms with Gasteiger partial charge in [-0.2, -0.15) is 0 Å². The van der Waals surface area contributed by atoms with Gasteiger partial charge in [0.05, 0.1) is 6.61 Å². The molecule has 1 aliphatic carbocycles. The van der Waals surface area contributed by atoms with Gasteiger partial charge in [0.1, 0.15) is 0 Å². The molecule has 114 valence electrons. The number of ether oxygens (including phenoxy) is 1. The minimum atomic E-state index is 0.524. The van der Waals surface area contributed by atoms with E-state index in [9.17, 15) is 0 Å². The van der Waals surface area contributed by atoms with Crippen molar-refractivity contribution in [1.82, 2.24) is 5.32 Å². The summed E-state index contributed by atoms with van der Waals surface area (Å²) in [6.07, 6.45) is 10.0. The Morgan fingerprint density at radius 3 is 2.26 bits per heavy atom. The maximum atomic E-state index is 5.02. The van der Waals surface area contributed by atoms with E-state index >= 15 is 0 Å². The Balaban J connectivity index is 1.98. The lowest BCUT2D eigenvalue weighted by molar-refractivity contribution is 0.145. The van der Waals surface area contributed by atoms with Crippen molar-refractivity contribution in [3.63, 3.8) is 0 Å². The summed E-state index contributed by atoms with van der Waals surface area (Å²) in [7, 11) is 1.76. The Labute approximate surface area is 120 Å². The summed E-state index contributed by atoms with van der Waals surface area (Å²) >= 11 is 0. The summed E-state index contributed by atoms with van der Waals surface area (Å²) < 4.78 is 5.02. The summed E-state index contributed by atoms with van der Waals surface area (Å²) in [5.41, 5.74) is 0.524. The highest BCUT2D eigenvalue weighted by Gasteiger charge is 2.29. The van der Waals surface area contributed by atoms with Crippen molar-refractivity contribution in [2.24, 2.45) is 17.3 Å². The van der Waals surface area contributed by atoms with Crippen LogP contribution in [0, 0.1) is 17.3 Å². The van der Waals surface area contributed by atoms with Crippen LogP contribution in [0.1, 0.15) is 65.7 Å². The molecule has 0 heterocycles. The fraction of sp³-hybridized carbons (Fsp3) is 1.00. The van der Waals surface area contributed by atoms with Gasteiger partial charge in [-0.15, -0.1) is 0 Å². The van der Waals surface area contributed by atoms with Gasteiger partial charge < -0.3 is 10.1 Å². The van der Waals surface area contributed by atoms with Crippen LogP contribution in [0.15, 0.2) is 0 Å². The van der Waals surface area contributed by atoms with Gasteiger partial charge in [-0.3, -0.25) is 0 Å². The number of hydrogen-bond acceptors (Lipinski definition) is 2. The highest BCUT2D eigenvalue weighted by atomic mass is 16.5. The van der Waals surface area contributed by atoms with Crippen LogP contribution in [0.5, 0.6) is 0 Å². The molecule has 0 atom stereocenters. The molecule has 19 heavy (non-hydrogen) atoms. The fourth-order valence-corrected chi connectivity index (χ4v) is 3.30. The number of methoxy groups -OCH3 is 1. The molecule has 0 bridgehead atoms. The summed E-state index contributed by atoms with van der Waals surface area (Å²) in [6.45, 7) is 10.2. The average Bonchev–Trinajstić information content (AvgIpc) is 2.37. The molecule has 0 saturated heterocycles. The standard InChI is InChI=1S/C17H35NO/c1-17(2,3)16-10-8-15(9-11-16)7-5-6-12-18-13-14-19-4/h15-16,18H,5-14H2,1-4H3. The lowest BCUT2D eigenvalue weighted by Crippen LogP contribution is -2.26. The van der Waals surface area contributed by atoms with Crippen LogP contribution >= 0.6 is 0 Å². The molecule has 1 N–H and O–H groups in total. The number of unbranched alkanes of at least 4 members (excludes halogenated alkanes) is 1. The Bertz CT molecular complexity index is 214. The lowest BCUT2D eigenvalue weighted by Gasteiger charge is -2.37. The zero-order valence-corrected chi connectivity index (χ0v) is 13.6. The van der Waals surface area contributed by atoms with Gasteiger partial charge in [0.2, 0.25) is 0 Å². The highest BCUT2D eigenvalue weighted by molar-refractivity contribution is 4.80. The van der Waals surface area contributed by atoms with E-state index in [0.29, 0.717) is 5.41 Å². The molecular weight excluding hydrogens is 234 g/mol. The average molecular weight is 269 g/mol. The van der Waals surface area contributed by atoms with Gasteiger partial charge >= 0.3 is 0 Å². The molecule has 0 unspecified atom stereocenters. The van der Waals surface area contributed by atoms with Crippen molar-refractivity contribution in [1.29, 1.82) is 0 Å². The van der Waals surface area contributed by atoms with E-state index in [-0.39, 0.29) is 0 Å². The van der Waals surface area contributed by atoms with E-state index in [2.05, 4.69) is 26.1 Å². The highest BCUT2D eigenvalue weighted by Crippen LogP contribution is 2.40. The van der Waals surface area contributed by atoms with Gasteiger partial charge in [0.25, 0.3) is 0 Å². The third-order valence-electron chi connectivity index (χ3n) is 4.77. The normalized spacial score (nSPS) is 24.6. The maximum absolute atomic E-state index is 5.02. The quantitative estimate of drug-likeness (QED) is 0.665. The van der Waals surface area contributed by atoms with Crippen LogP contribution in [0.4, 0.5) is 0 Å². The Morgan fingerprint density at radius 1 is 1.00 bits per heavy atom. The third kappa shape index (κ3) is 7.31. The van der Waals surface area contributed by atoms with Crippen molar-refractivity contribution in [3.05, 3.63) is 0 Å². The fourth-order valence-electron chi connectivity index (χ4n) is 3.30. The first-order chi connectivity index (χ1) is 9.04. The Morgan fingerprint density at radius 2 is 1.68 bits per heavy atom. The van der Waals surface area contributed by atoms with E-state index in [1.165, 1.54) is 44.9 Å². The van der Waals surface area contributed by atoms with E-state index in [0.717, 1.165) is 31.5 Å². The molecule has 1 fully saturated rings. The van der Waals surface area contributed by atoms with Crippen LogP contribution < -0.4 is 5.32 Å². The first-order valence-corrected chi connectivity index (χ1v) is 8.23. The molecule has 0 aromatic carbocycles. The molecule has 1 saturated carbocycles. The van der Waals surface area contributed by atoms with E-state index in [1.54, 1.807) is 7.11 Å². The summed E-state index contributed by atoms with van der Waals surface area (Å²) in [6, 6.07) is 0. The van der Waals surface area contributed by atoms with Crippen LogP contribution in [0.2, 0.25) is 0 Å². The molecule has 2 heteroatoms. The summed E-state index contributed by atoms with van der Waals surface area (Å²) in [4.78, 5) is 0. The smallest absolute Gasteiger partial charge is 0.0587 e. The molecule has 0 aromatic rings. The first-order valence-electron chi connectivity index (χ1n) is 8.23. The molecule has 0 amide bonds. The number of rotatable bonds is 8. The minimum Gasteiger partial charge on any atom is -0.383 e. The van der Waals surface area contributed by atoms with Crippen LogP contribution in [0.3, 0.4) is 0 Å². The Hall–Kier alpha value is -0.0800. The minimum absolute atomic E-state index is 0.524. The van der Waals surface area contributed by atoms with Gasteiger partial charge in [-0.05, 0) is 43.1 Å². The number of nitrogens with one attached hydrogen (secondary N) is 1. The van der Waals surface area contributed by atoms with Crippen molar-refractivity contribution < 1.29 is 4.74 Å². The molecule has 0 aromatic heterocycles. The lowest BCUT2D eigenvalue weighted by atomic mass is 9.69. The van der Waals surface area contributed by atoms with Crippen LogP contribution in [-0.2, 0) is 4.74 Å². The zero-order valence-electron chi connectivity index (χ0n) is 13.6. The second-order valence-corrected chi connectivity index (χ2v) is 7.32. The van der Waals surface area contributed by atoms with Gasteiger partial charge in [0.15, 0.2) is 0 Å². The van der Waals surface area contributed by atoms with Gasteiger partial charge in [0, 0.05) is 13.7 Å². The van der Waals surface area contributed by atoms with E-state index < -0.39 is 0 Å². The summed E-state index contributed by atoms with van der Waals surface area (Å²) in [5, 5.41) is 3.43. The zero-order chi connectivity index (χ0) is 14.1. The SMILES string of the molecule is COCCNCCCCC1CCC(C(C)(C)C)CC1. The predicted octanol–water partition coefficient (Wildman–Crippen LogP) is 4.25. The first kappa shape index (κ1) is 17.0. The second-order valence-electron chi connectivity index (χ2n) is 7.32. The molecular formula is C17H35NO. The number of hydrogen-bond donors (Lipinski definition) is 1. The molecule has 0 radical (unpaired) electrons. The van der Waals surface area contributed by atoms with Gasteiger partial charge in [-0.25, -0.2) is 0 Å². The predicted molar refractivity (Wildman–Crippen MR) is 83.5 cm³/mol. The molecule has 2 nitrogen and oxygen atoms in total. The summed E-state index contributed by atoms with van der Waals surface area (Å²) in [5.74, 6) is 1.97. The van der Waals surface area contributed by atoms with Crippen molar-refractivity contribution in [2.75, 3.05) is 26.8 Å². The molecule has 1 aliphatic rings. The molecule has 0 aliphatic heterocycles.